The highest BCUT2D eigenvalue weighted by molar-refractivity contribution is 5.92. The van der Waals surface area contributed by atoms with Crippen LogP contribution in [-0.4, -0.2) is 45.5 Å². The number of aromatic nitrogens is 3. The first-order valence-electron chi connectivity index (χ1n) is 7.47. The maximum atomic E-state index is 12.1. The zero-order chi connectivity index (χ0) is 15.6. The standard InChI is InChI=1S/C16H16N4O3/c21-16(19-6-13(7-19)8-20-10-17-9-18-20)4-2-12-1-3-14-15(5-12)23-11-22-14/h1-5,9-10,13H,6-8,11H2/b4-2+. The number of rotatable bonds is 4. The Hall–Kier alpha value is -2.83. The molecule has 7 nitrogen and oxygen atoms in total. The fourth-order valence-electron chi connectivity index (χ4n) is 2.75. The van der Waals surface area contributed by atoms with Crippen molar-refractivity contribution in [1.29, 1.82) is 0 Å². The van der Waals surface area contributed by atoms with Gasteiger partial charge in [-0.2, -0.15) is 5.10 Å². The average molecular weight is 312 g/mol. The molecule has 2 aliphatic heterocycles. The van der Waals surface area contributed by atoms with Crippen molar-refractivity contribution >= 4 is 12.0 Å². The average Bonchev–Trinajstić information content (AvgIpc) is 3.18. The number of carbonyl (C=O) groups excluding carboxylic acids is 1. The minimum absolute atomic E-state index is 0.0255. The van der Waals surface area contributed by atoms with Gasteiger partial charge in [0, 0.05) is 31.6 Å². The van der Waals surface area contributed by atoms with Gasteiger partial charge in [0.05, 0.1) is 0 Å². The number of benzene rings is 1. The van der Waals surface area contributed by atoms with E-state index in [1.165, 1.54) is 6.33 Å². The van der Waals surface area contributed by atoms with Gasteiger partial charge in [-0.15, -0.1) is 0 Å². The van der Waals surface area contributed by atoms with Crippen molar-refractivity contribution in [2.45, 2.75) is 6.54 Å². The Morgan fingerprint density at radius 1 is 1.30 bits per heavy atom. The molecule has 1 aromatic heterocycles. The number of hydrogen-bond donors (Lipinski definition) is 0. The molecule has 0 atom stereocenters. The largest absolute Gasteiger partial charge is 0.454 e. The number of hydrogen-bond acceptors (Lipinski definition) is 5. The zero-order valence-electron chi connectivity index (χ0n) is 12.5. The Morgan fingerprint density at radius 2 is 2.17 bits per heavy atom. The summed E-state index contributed by atoms with van der Waals surface area (Å²) < 4.78 is 12.4. The second-order valence-corrected chi connectivity index (χ2v) is 5.67. The molecule has 1 saturated heterocycles. The van der Waals surface area contributed by atoms with Gasteiger partial charge >= 0.3 is 0 Å². The van der Waals surface area contributed by atoms with Crippen LogP contribution >= 0.6 is 0 Å². The first-order valence-corrected chi connectivity index (χ1v) is 7.47. The van der Waals surface area contributed by atoms with E-state index in [-0.39, 0.29) is 12.7 Å². The second kappa shape index (κ2) is 5.75. The lowest BCUT2D eigenvalue weighted by molar-refractivity contribution is -0.132. The summed E-state index contributed by atoms with van der Waals surface area (Å²) in [6, 6.07) is 5.63. The van der Waals surface area contributed by atoms with Crippen LogP contribution in [0.5, 0.6) is 11.5 Å². The normalized spacial score (nSPS) is 16.8. The SMILES string of the molecule is O=C(/C=C/c1ccc2c(c1)OCO2)N1CC(Cn2cncn2)C1. The Labute approximate surface area is 133 Å². The van der Waals surface area contributed by atoms with Crippen molar-refractivity contribution in [3.8, 4) is 11.5 Å². The topological polar surface area (TPSA) is 69.5 Å². The van der Waals surface area contributed by atoms with Crippen molar-refractivity contribution in [2.24, 2.45) is 5.92 Å². The minimum Gasteiger partial charge on any atom is -0.454 e. The van der Waals surface area contributed by atoms with Crippen LogP contribution in [0, 0.1) is 5.92 Å². The van der Waals surface area contributed by atoms with Crippen molar-refractivity contribution in [2.75, 3.05) is 19.9 Å². The summed E-state index contributed by atoms with van der Waals surface area (Å²) in [5.41, 5.74) is 0.919. The van der Waals surface area contributed by atoms with E-state index >= 15 is 0 Å². The molecule has 3 heterocycles. The summed E-state index contributed by atoms with van der Waals surface area (Å²) in [7, 11) is 0. The van der Waals surface area contributed by atoms with Gasteiger partial charge in [-0.05, 0) is 23.8 Å². The summed E-state index contributed by atoms with van der Waals surface area (Å²) in [5, 5.41) is 4.08. The number of nitrogens with zero attached hydrogens (tertiary/aromatic N) is 4. The van der Waals surface area contributed by atoms with E-state index in [1.54, 1.807) is 23.2 Å². The Morgan fingerprint density at radius 3 is 3.00 bits per heavy atom. The third kappa shape index (κ3) is 2.90. The minimum atomic E-state index is 0.0255. The van der Waals surface area contributed by atoms with Crippen LogP contribution in [0.1, 0.15) is 5.56 Å². The molecule has 1 aromatic carbocycles. The molecule has 0 saturated carbocycles. The molecule has 0 unspecified atom stereocenters. The molecule has 4 rings (SSSR count). The van der Waals surface area contributed by atoms with Crippen LogP contribution in [0.15, 0.2) is 36.9 Å². The first-order chi connectivity index (χ1) is 11.3. The van der Waals surface area contributed by atoms with E-state index in [2.05, 4.69) is 10.1 Å². The van der Waals surface area contributed by atoms with Gasteiger partial charge in [0.1, 0.15) is 12.7 Å². The molecule has 2 aliphatic rings. The fourth-order valence-corrected chi connectivity index (χ4v) is 2.75. The molecule has 0 spiro atoms. The van der Waals surface area contributed by atoms with Gasteiger partial charge in [0.25, 0.3) is 0 Å². The molecule has 1 amide bonds. The Balaban J connectivity index is 1.30. The van der Waals surface area contributed by atoms with E-state index in [0.717, 1.165) is 36.7 Å². The molecule has 0 N–H and O–H groups in total. The van der Waals surface area contributed by atoms with Crippen molar-refractivity contribution in [3.05, 3.63) is 42.5 Å². The Bertz CT molecular complexity index is 736. The highest BCUT2D eigenvalue weighted by Gasteiger charge is 2.29. The smallest absolute Gasteiger partial charge is 0.246 e. The summed E-state index contributed by atoms with van der Waals surface area (Å²) in [5.74, 6) is 1.93. The fraction of sp³-hybridized carbons (Fsp3) is 0.312. The number of likely N-dealkylation sites (tertiary alicyclic amines) is 1. The molecule has 2 aromatic rings. The maximum Gasteiger partial charge on any atom is 0.246 e. The molecular weight excluding hydrogens is 296 g/mol. The number of fused-ring (bicyclic) bond motifs is 1. The molecule has 23 heavy (non-hydrogen) atoms. The number of amides is 1. The highest BCUT2D eigenvalue weighted by Crippen LogP contribution is 2.32. The van der Waals surface area contributed by atoms with Gasteiger partial charge in [0.15, 0.2) is 11.5 Å². The summed E-state index contributed by atoms with van der Waals surface area (Å²) >= 11 is 0. The lowest BCUT2D eigenvalue weighted by Crippen LogP contribution is -2.50. The van der Waals surface area contributed by atoms with Crippen LogP contribution in [0.2, 0.25) is 0 Å². The van der Waals surface area contributed by atoms with Crippen LogP contribution in [0.3, 0.4) is 0 Å². The molecule has 118 valence electrons. The summed E-state index contributed by atoms with van der Waals surface area (Å²) in [6.45, 7) is 2.56. The van der Waals surface area contributed by atoms with Crippen LogP contribution < -0.4 is 9.47 Å². The predicted molar refractivity (Wildman–Crippen MR) is 81.7 cm³/mol. The third-order valence-electron chi connectivity index (χ3n) is 4.00. The third-order valence-corrected chi connectivity index (χ3v) is 4.00. The van der Waals surface area contributed by atoms with Crippen LogP contribution in [-0.2, 0) is 11.3 Å². The summed E-state index contributed by atoms with van der Waals surface area (Å²) in [4.78, 5) is 17.9. The maximum absolute atomic E-state index is 12.1. The first kappa shape index (κ1) is 13.8. The number of ether oxygens (including phenoxy) is 2. The van der Waals surface area contributed by atoms with E-state index < -0.39 is 0 Å². The Kier molecular flexibility index (Phi) is 3.45. The van der Waals surface area contributed by atoms with Crippen molar-refractivity contribution in [3.63, 3.8) is 0 Å². The second-order valence-electron chi connectivity index (χ2n) is 5.67. The van der Waals surface area contributed by atoms with Crippen molar-refractivity contribution < 1.29 is 14.3 Å². The van der Waals surface area contributed by atoms with Crippen molar-refractivity contribution in [1.82, 2.24) is 19.7 Å². The molecular formula is C16H16N4O3. The monoisotopic (exact) mass is 312 g/mol. The quantitative estimate of drug-likeness (QED) is 0.793. The van der Waals surface area contributed by atoms with Crippen LogP contribution in [0.4, 0.5) is 0 Å². The van der Waals surface area contributed by atoms with E-state index in [4.69, 9.17) is 9.47 Å². The zero-order valence-corrected chi connectivity index (χ0v) is 12.5. The lowest BCUT2D eigenvalue weighted by atomic mass is 10.00. The van der Waals surface area contributed by atoms with Crippen LogP contribution in [0.25, 0.3) is 6.08 Å². The van der Waals surface area contributed by atoms with E-state index in [0.29, 0.717) is 5.92 Å². The van der Waals surface area contributed by atoms with Gasteiger partial charge < -0.3 is 14.4 Å². The molecule has 0 radical (unpaired) electrons. The van der Waals surface area contributed by atoms with Gasteiger partial charge in [0.2, 0.25) is 12.7 Å². The molecule has 1 fully saturated rings. The predicted octanol–water partition coefficient (Wildman–Crippen LogP) is 1.18. The lowest BCUT2D eigenvalue weighted by Gasteiger charge is -2.38. The number of carbonyl (C=O) groups is 1. The molecule has 0 aliphatic carbocycles. The highest BCUT2D eigenvalue weighted by atomic mass is 16.7. The molecule has 0 bridgehead atoms. The van der Waals surface area contributed by atoms with E-state index in [9.17, 15) is 4.79 Å². The molecule has 7 heteroatoms. The van der Waals surface area contributed by atoms with Gasteiger partial charge in [-0.1, -0.05) is 6.07 Å². The van der Waals surface area contributed by atoms with Gasteiger partial charge in [-0.25, -0.2) is 4.98 Å². The van der Waals surface area contributed by atoms with E-state index in [1.807, 2.05) is 23.1 Å². The summed E-state index contributed by atoms with van der Waals surface area (Å²) in [6.07, 6.45) is 6.62. The van der Waals surface area contributed by atoms with Gasteiger partial charge in [-0.3, -0.25) is 9.48 Å².